The minimum atomic E-state index is -0.332. The Morgan fingerprint density at radius 2 is 2.26 bits per heavy atom. The van der Waals surface area contributed by atoms with Crippen molar-refractivity contribution in [1.29, 1.82) is 0 Å². The first-order valence-electron chi connectivity index (χ1n) is 5.41. The molecule has 1 amide bonds. The number of hydrogen-bond acceptors (Lipinski definition) is 3. The minimum Gasteiger partial charge on any atom is -0.459 e. The molecule has 0 aliphatic heterocycles. The van der Waals surface area contributed by atoms with Crippen LogP contribution in [0.5, 0.6) is 0 Å². The number of hydrogen-bond donors (Lipinski definition) is 1. The van der Waals surface area contributed by atoms with Crippen molar-refractivity contribution in [3.8, 4) is 0 Å². The maximum atomic E-state index is 11.7. The van der Waals surface area contributed by atoms with E-state index in [1.165, 1.54) is 6.21 Å². The summed E-state index contributed by atoms with van der Waals surface area (Å²) in [5, 5.41) is 4.32. The average molecular weight is 342 g/mol. The summed E-state index contributed by atoms with van der Waals surface area (Å²) in [5.41, 5.74) is 2.85. The predicted molar refractivity (Wildman–Crippen MR) is 77.7 cm³/mol. The molecule has 0 spiro atoms. The van der Waals surface area contributed by atoms with Gasteiger partial charge in [0.2, 0.25) is 0 Å². The van der Waals surface area contributed by atoms with E-state index in [2.05, 4.69) is 26.5 Å². The molecule has 1 N–H and O–H groups in total. The van der Waals surface area contributed by atoms with Crippen LogP contribution in [0.1, 0.15) is 21.9 Å². The van der Waals surface area contributed by atoms with E-state index in [4.69, 9.17) is 16.0 Å². The number of carbonyl (C=O) groups is 1. The summed E-state index contributed by atoms with van der Waals surface area (Å²) in [6, 6.07) is 8.40. The normalized spacial score (nSPS) is 10.9. The molecule has 6 heteroatoms. The van der Waals surface area contributed by atoms with Crippen LogP contribution in [0.3, 0.4) is 0 Å². The molecule has 1 aromatic heterocycles. The van der Waals surface area contributed by atoms with E-state index in [1.807, 2.05) is 6.92 Å². The van der Waals surface area contributed by atoms with Crippen molar-refractivity contribution in [3.05, 3.63) is 56.9 Å². The van der Waals surface area contributed by atoms with Gasteiger partial charge in [-0.2, -0.15) is 5.10 Å². The van der Waals surface area contributed by atoms with Gasteiger partial charge in [0, 0.05) is 16.7 Å². The molecule has 0 atom stereocenters. The highest BCUT2D eigenvalue weighted by molar-refractivity contribution is 9.10. The second-order valence-corrected chi connectivity index (χ2v) is 5.05. The van der Waals surface area contributed by atoms with Crippen LogP contribution in [-0.4, -0.2) is 12.1 Å². The number of furan rings is 1. The second-order valence-electron chi connectivity index (χ2n) is 3.76. The van der Waals surface area contributed by atoms with E-state index in [1.54, 1.807) is 30.3 Å². The molecule has 0 saturated carbocycles. The summed E-state index contributed by atoms with van der Waals surface area (Å²) in [6.07, 6.45) is 1.43. The van der Waals surface area contributed by atoms with Crippen LogP contribution < -0.4 is 5.43 Å². The van der Waals surface area contributed by atoms with Crippen molar-refractivity contribution in [2.75, 3.05) is 0 Å². The molecule has 0 aliphatic carbocycles. The molecule has 2 rings (SSSR count). The number of hydrazone groups is 1. The third-order valence-electron chi connectivity index (χ3n) is 2.32. The van der Waals surface area contributed by atoms with Gasteiger partial charge in [0.25, 0.3) is 5.91 Å². The first-order valence-corrected chi connectivity index (χ1v) is 6.58. The van der Waals surface area contributed by atoms with Crippen LogP contribution >= 0.6 is 27.5 Å². The van der Waals surface area contributed by atoms with Gasteiger partial charge in [-0.05, 0) is 41.1 Å². The monoisotopic (exact) mass is 340 g/mol. The maximum Gasteiger partial charge on any atom is 0.271 e. The van der Waals surface area contributed by atoms with Crippen LogP contribution in [-0.2, 0) is 0 Å². The van der Waals surface area contributed by atoms with Gasteiger partial charge < -0.3 is 4.42 Å². The first-order chi connectivity index (χ1) is 9.06. The maximum absolute atomic E-state index is 11.7. The fourth-order valence-corrected chi connectivity index (χ4v) is 1.89. The Balaban J connectivity index is 2.00. The highest BCUT2D eigenvalue weighted by Gasteiger charge is 2.05. The molecule has 1 heterocycles. The summed E-state index contributed by atoms with van der Waals surface area (Å²) in [6.45, 7) is 1.83. The van der Waals surface area contributed by atoms with Gasteiger partial charge >= 0.3 is 0 Å². The van der Waals surface area contributed by atoms with Gasteiger partial charge in [0.05, 0.1) is 10.7 Å². The predicted octanol–water partition coefficient (Wildman–Crippen LogP) is 3.77. The molecule has 0 radical (unpaired) electrons. The third kappa shape index (κ3) is 3.68. The van der Waals surface area contributed by atoms with E-state index in [0.717, 1.165) is 10.2 Å². The van der Waals surface area contributed by atoms with Crippen LogP contribution in [0.4, 0.5) is 0 Å². The lowest BCUT2D eigenvalue weighted by molar-refractivity contribution is 0.0955. The minimum absolute atomic E-state index is 0.332. The summed E-state index contributed by atoms with van der Waals surface area (Å²) in [5.74, 6) is 0.972. The highest BCUT2D eigenvalue weighted by atomic mass is 79.9. The molecule has 98 valence electrons. The van der Waals surface area contributed by atoms with Crippen molar-refractivity contribution in [2.45, 2.75) is 6.92 Å². The molecule has 1 aromatic carbocycles. The molecule has 0 unspecified atom stereocenters. The number of nitrogens with one attached hydrogen (secondary N) is 1. The lowest BCUT2D eigenvalue weighted by Gasteiger charge is -1.99. The number of aryl methyl sites for hydroxylation is 1. The van der Waals surface area contributed by atoms with E-state index in [9.17, 15) is 4.79 Å². The Hall–Kier alpha value is -1.59. The summed E-state index contributed by atoms with van der Waals surface area (Å²) < 4.78 is 6.21. The first kappa shape index (κ1) is 13.8. The molecule has 0 saturated heterocycles. The van der Waals surface area contributed by atoms with Gasteiger partial charge in [-0.15, -0.1) is 0 Å². The van der Waals surface area contributed by atoms with Gasteiger partial charge in [-0.25, -0.2) is 5.43 Å². The van der Waals surface area contributed by atoms with Crippen LogP contribution in [0.15, 0.2) is 44.3 Å². The number of amides is 1. The smallest absolute Gasteiger partial charge is 0.271 e. The van der Waals surface area contributed by atoms with Crippen LogP contribution in [0, 0.1) is 6.92 Å². The third-order valence-corrected chi connectivity index (χ3v) is 3.34. The highest BCUT2D eigenvalue weighted by Crippen LogP contribution is 2.19. The fourth-order valence-electron chi connectivity index (χ4n) is 1.39. The number of halogens is 2. The lowest BCUT2D eigenvalue weighted by Crippen LogP contribution is -2.17. The Kier molecular flexibility index (Phi) is 4.39. The SMILES string of the molecule is Cc1oc(/C=N\NC(=O)c2cccc(Cl)c2)cc1Br. The number of benzene rings is 1. The largest absolute Gasteiger partial charge is 0.459 e. The molecular formula is C13H10BrClN2O2. The topological polar surface area (TPSA) is 54.6 Å². The lowest BCUT2D eigenvalue weighted by atomic mass is 10.2. The molecule has 0 bridgehead atoms. The van der Waals surface area contributed by atoms with E-state index < -0.39 is 0 Å². The Morgan fingerprint density at radius 3 is 2.89 bits per heavy atom. The Labute approximate surface area is 123 Å². The van der Waals surface area contributed by atoms with Crippen LogP contribution in [0.25, 0.3) is 0 Å². The molecule has 0 aliphatic rings. The van der Waals surface area contributed by atoms with Crippen LogP contribution in [0.2, 0.25) is 5.02 Å². The quantitative estimate of drug-likeness (QED) is 0.682. The standard InChI is InChI=1S/C13H10BrClN2O2/c1-8-12(14)6-11(19-8)7-16-17-13(18)9-3-2-4-10(15)5-9/h2-7H,1H3,(H,17,18)/b16-7-. The van der Waals surface area contributed by atoms with Gasteiger partial charge in [-0.3, -0.25) is 4.79 Å². The zero-order valence-electron chi connectivity index (χ0n) is 9.98. The summed E-state index contributed by atoms with van der Waals surface area (Å²) >= 11 is 9.12. The van der Waals surface area contributed by atoms with E-state index >= 15 is 0 Å². The molecule has 4 nitrogen and oxygen atoms in total. The molecule has 0 fully saturated rings. The Morgan fingerprint density at radius 1 is 1.47 bits per heavy atom. The van der Waals surface area contributed by atoms with Crippen molar-refractivity contribution < 1.29 is 9.21 Å². The zero-order valence-corrected chi connectivity index (χ0v) is 12.3. The number of nitrogens with zero attached hydrogens (tertiary/aromatic N) is 1. The van der Waals surface area contributed by atoms with Gasteiger partial charge in [0.1, 0.15) is 11.5 Å². The van der Waals surface area contributed by atoms with E-state index in [-0.39, 0.29) is 5.91 Å². The second kappa shape index (κ2) is 6.04. The fraction of sp³-hybridized carbons (Fsp3) is 0.0769. The molecular weight excluding hydrogens is 332 g/mol. The molecule has 19 heavy (non-hydrogen) atoms. The summed E-state index contributed by atoms with van der Waals surface area (Å²) in [4.78, 5) is 11.7. The van der Waals surface area contributed by atoms with Crippen molar-refractivity contribution in [2.24, 2.45) is 5.10 Å². The Bertz CT molecular complexity index is 618. The van der Waals surface area contributed by atoms with Gasteiger partial charge in [-0.1, -0.05) is 17.7 Å². The van der Waals surface area contributed by atoms with Crippen molar-refractivity contribution in [3.63, 3.8) is 0 Å². The van der Waals surface area contributed by atoms with Crippen molar-refractivity contribution in [1.82, 2.24) is 5.43 Å². The molecule has 2 aromatic rings. The van der Waals surface area contributed by atoms with Gasteiger partial charge in [0.15, 0.2) is 0 Å². The zero-order chi connectivity index (χ0) is 13.8. The van der Waals surface area contributed by atoms with E-state index in [0.29, 0.717) is 16.3 Å². The summed E-state index contributed by atoms with van der Waals surface area (Å²) in [7, 11) is 0. The number of carbonyl (C=O) groups excluding carboxylic acids is 1. The van der Waals surface area contributed by atoms with Crippen molar-refractivity contribution >= 4 is 39.7 Å². The average Bonchev–Trinajstić information content (AvgIpc) is 2.68. The number of rotatable bonds is 3.